The van der Waals surface area contributed by atoms with Crippen molar-refractivity contribution in [3.05, 3.63) is 44.5 Å². The van der Waals surface area contributed by atoms with Crippen molar-refractivity contribution in [2.24, 2.45) is 0 Å². The number of aromatic amines is 2. The van der Waals surface area contributed by atoms with Crippen molar-refractivity contribution < 1.29 is 9.59 Å². The van der Waals surface area contributed by atoms with Crippen LogP contribution in [-0.2, 0) is 4.79 Å². The maximum atomic E-state index is 12.5. The summed E-state index contributed by atoms with van der Waals surface area (Å²) in [5, 5.41) is 5.59. The summed E-state index contributed by atoms with van der Waals surface area (Å²) in [6.45, 7) is 1.85. The summed E-state index contributed by atoms with van der Waals surface area (Å²) in [6.07, 6.45) is 1.53. The third kappa shape index (κ3) is 3.99. The van der Waals surface area contributed by atoms with Crippen molar-refractivity contribution in [3.8, 4) is 0 Å². The molecular formula is C17H21N5O4. The molecule has 2 aromatic rings. The molecule has 1 fully saturated rings. The molecule has 0 unspecified atom stereocenters. The summed E-state index contributed by atoms with van der Waals surface area (Å²) < 4.78 is 0. The number of piperidine rings is 1. The number of likely N-dealkylation sites (N-methyl/N-ethyl adjacent to an activating group) is 1. The van der Waals surface area contributed by atoms with Gasteiger partial charge in [-0.05, 0) is 31.0 Å². The minimum absolute atomic E-state index is 0.0179. The summed E-state index contributed by atoms with van der Waals surface area (Å²) >= 11 is 0. The standard InChI is InChI=1S/C17H21N5O4/c1-18-14(23)9-22-6-4-11(5-7-22)19-15(24)10-2-3-12-13(8-10)21-17(26)16(25)20-12/h2-3,8,11H,4-7,9H2,1H3,(H,18,23)(H,19,24)(H,20,25)(H,21,26). The Morgan fingerprint density at radius 2 is 1.77 bits per heavy atom. The number of nitrogens with zero attached hydrogens (tertiary/aromatic N) is 1. The van der Waals surface area contributed by atoms with Crippen LogP contribution in [0.15, 0.2) is 27.8 Å². The fourth-order valence-corrected chi connectivity index (χ4v) is 3.04. The highest BCUT2D eigenvalue weighted by Gasteiger charge is 2.22. The molecule has 26 heavy (non-hydrogen) atoms. The lowest BCUT2D eigenvalue weighted by molar-refractivity contribution is -0.122. The molecule has 2 amide bonds. The normalized spacial score (nSPS) is 15.7. The van der Waals surface area contributed by atoms with Crippen LogP contribution >= 0.6 is 0 Å². The lowest BCUT2D eigenvalue weighted by atomic mass is 10.0. The first kappa shape index (κ1) is 17.9. The molecule has 0 aliphatic carbocycles. The van der Waals surface area contributed by atoms with Crippen molar-refractivity contribution in [2.45, 2.75) is 18.9 Å². The summed E-state index contributed by atoms with van der Waals surface area (Å²) in [5.74, 6) is -0.251. The molecule has 0 radical (unpaired) electrons. The predicted molar refractivity (Wildman–Crippen MR) is 96.2 cm³/mol. The van der Waals surface area contributed by atoms with Crippen LogP contribution in [-0.4, -0.2) is 59.4 Å². The van der Waals surface area contributed by atoms with Crippen LogP contribution < -0.4 is 21.8 Å². The van der Waals surface area contributed by atoms with Gasteiger partial charge in [-0.3, -0.25) is 24.1 Å². The lowest BCUT2D eigenvalue weighted by Crippen LogP contribution is -2.47. The Balaban J connectivity index is 1.63. The number of fused-ring (bicyclic) bond motifs is 1. The second-order valence-electron chi connectivity index (χ2n) is 6.37. The van der Waals surface area contributed by atoms with E-state index in [-0.39, 0.29) is 17.9 Å². The average molecular weight is 359 g/mol. The van der Waals surface area contributed by atoms with Crippen LogP contribution in [0.25, 0.3) is 11.0 Å². The molecule has 1 saturated heterocycles. The lowest BCUT2D eigenvalue weighted by Gasteiger charge is -2.31. The second kappa shape index (κ2) is 7.52. The smallest absolute Gasteiger partial charge is 0.314 e. The highest BCUT2D eigenvalue weighted by Crippen LogP contribution is 2.13. The number of rotatable bonds is 4. The highest BCUT2D eigenvalue weighted by molar-refractivity contribution is 5.97. The van der Waals surface area contributed by atoms with Crippen molar-refractivity contribution in [3.63, 3.8) is 0 Å². The monoisotopic (exact) mass is 359 g/mol. The Bertz CT molecular complexity index is 940. The van der Waals surface area contributed by atoms with Gasteiger partial charge in [-0.15, -0.1) is 0 Å². The van der Waals surface area contributed by atoms with E-state index in [1.807, 2.05) is 0 Å². The van der Waals surface area contributed by atoms with Crippen molar-refractivity contribution in [1.82, 2.24) is 25.5 Å². The molecule has 9 heteroatoms. The zero-order chi connectivity index (χ0) is 18.7. The SMILES string of the molecule is CNC(=O)CN1CCC(NC(=O)c2ccc3[nH]c(=O)c(=O)[nH]c3c2)CC1. The first-order valence-corrected chi connectivity index (χ1v) is 8.46. The summed E-state index contributed by atoms with van der Waals surface area (Å²) in [4.78, 5) is 53.6. The van der Waals surface area contributed by atoms with Crippen LogP contribution in [0.1, 0.15) is 23.2 Å². The number of amides is 2. The molecule has 1 aromatic carbocycles. The van der Waals surface area contributed by atoms with Gasteiger partial charge in [0.15, 0.2) is 0 Å². The van der Waals surface area contributed by atoms with Gasteiger partial charge in [0.2, 0.25) is 5.91 Å². The Hall–Kier alpha value is -2.94. The van der Waals surface area contributed by atoms with E-state index in [1.54, 1.807) is 25.2 Å². The minimum Gasteiger partial charge on any atom is -0.358 e. The highest BCUT2D eigenvalue weighted by atomic mass is 16.2. The third-order valence-corrected chi connectivity index (χ3v) is 4.55. The van der Waals surface area contributed by atoms with E-state index in [0.717, 1.165) is 25.9 Å². The molecule has 1 aromatic heterocycles. The van der Waals surface area contributed by atoms with Crippen LogP contribution in [0.2, 0.25) is 0 Å². The molecular weight excluding hydrogens is 338 g/mol. The Morgan fingerprint density at radius 1 is 1.12 bits per heavy atom. The quantitative estimate of drug-likeness (QED) is 0.529. The van der Waals surface area contributed by atoms with E-state index < -0.39 is 11.1 Å². The van der Waals surface area contributed by atoms with Crippen molar-refractivity contribution in [1.29, 1.82) is 0 Å². The van der Waals surface area contributed by atoms with Gasteiger partial charge < -0.3 is 20.6 Å². The number of hydrogen-bond acceptors (Lipinski definition) is 5. The zero-order valence-electron chi connectivity index (χ0n) is 14.4. The Morgan fingerprint density at radius 3 is 2.42 bits per heavy atom. The maximum Gasteiger partial charge on any atom is 0.314 e. The van der Waals surface area contributed by atoms with Crippen molar-refractivity contribution >= 4 is 22.8 Å². The zero-order valence-corrected chi connectivity index (χ0v) is 14.4. The molecule has 0 saturated carbocycles. The third-order valence-electron chi connectivity index (χ3n) is 4.55. The van der Waals surface area contributed by atoms with Crippen molar-refractivity contribution in [2.75, 3.05) is 26.7 Å². The Labute approximate surface area is 148 Å². The van der Waals surface area contributed by atoms with E-state index in [1.165, 1.54) is 0 Å². The molecule has 0 atom stereocenters. The second-order valence-corrected chi connectivity index (χ2v) is 6.37. The number of H-pyrrole nitrogens is 2. The van der Waals surface area contributed by atoms with Gasteiger partial charge >= 0.3 is 11.1 Å². The average Bonchev–Trinajstić information content (AvgIpc) is 2.63. The molecule has 0 spiro atoms. The number of carbonyl (C=O) groups is 2. The van der Waals surface area contributed by atoms with Crippen LogP contribution in [0, 0.1) is 0 Å². The minimum atomic E-state index is -0.751. The van der Waals surface area contributed by atoms with E-state index in [0.29, 0.717) is 23.1 Å². The largest absolute Gasteiger partial charge is 0.358 e. The maximum absolute atomic E-state index is 12.5. The van der Waals surface area contributed by atoms with E-state index in [9.17, 15) is 19.2 Å². The van der Waals surface area contributed by atoms with Gasteiger partial charge in [0, 0.05) is 31.7 Å². The molecule has 1 aliphatic rings. The van der Waals surface area contributed by atoms with Crippen LogP contribution in [0.3, 0.4) is 0 Å². The van der Waals surface area contributed by atoms with E-state index in [2.05, 4.69) is 25.5 Å². The predicted octanol–water partition coefficient (Wildman–Crippen LogP) is -0.843. The number of likely N-dealkylation sites (tertiary alicyclic amines) is 1. The summed E-state index contributed by atoms with van der Waals surface area (Å²) in [5.41, 5.74) is -0.193. The number of benzene rings is 1. The molecule has 3 rings (SSSR count). The molecule has 0 bridgehead atoms. The van der Waals surface area contributed by atoms with Crippen LogP contribution in [0.4, 0.5) is 0 Å². The first-order valence-electron chi connectivity index (χ1n) is 8.46. The van der Waals surface area contributed by atoms with Gasteiger partial charge in [-0.2, -0.15) is 0 Å². The molecule has 9 nitrogen and oxygen atoms in total. The van der Waals surface area contributed by atoms with Gasteiger partial charge in [-0.1, -0.05) is 0 Å². The molecule has 1 aliphatic heterocycles. The van der Waals surface area contributed by atoms with Gasteiger partial charge in [0.25, 0.3) is 5.91 Å². The van der Waals surface area contributed by atoms with Gasteiger partial charge in [0.1, 0.15) is 0 Å². The number of nitrogens with one attached hydrogen (secondary N) is 4. The number of aromatic nitrogens is 2. The van der Waals surface area contributed by atoms with E-state index >= 15 is 0 Å². The molecule has 4 N–H and O–H groups in total. The number of carbonyl (C=O) groups excluding carboxylic acids is 2. The van der Waals surface area contributed by atoms with E-state index in [4.69, 9.17) is 0 Å². The van der Waals surface area contributed by atoms with Gasteiger partial charge in [-0.25, -0.2) is 0 Å². The van der Waals surface area contributed by atoms with Crippen LogP contribution in [0.5, 0.6) is 0 Å². The number of hydrogen-bond donors (Lipinski definition) is 4. The summed E-state index contributed by atoms with van der Waals surface area (Å²) in [6, 6.07) is 4.77. The fraction of sp³-hybridized carbons (Fsp3) is 0.412. The molecule has 2 heterocycles. The Kier molecular flexibility index (Phi) is 5.17. The molecule has 138 valence electrons. The topological polar surface area (TPSA) is 127 Å². The fourth-order valence-electron chi connectivity index (χ4n) is 3.04. The summed E-state index contributed by atoms with van der Waals surface area (Å²) in [7, 11) is 1.61. The van der Waals surface area contributed by atoms with Gasteiger partial charge in [0.05, 0.1) is 17.6 Å². The first-order chi connectivity index (χ1) is 12.5.